The molecule has 0 spiro atoms. The van der Waals surface area contributed by atoms with Gasteiger partial charge in [0.25, 0.3) is 5.56 Å². The first-order valence-electron chi connectivity index (χ1n) is 6.92. The van der Waals surface area contributed by atoms with Crippen molar-refractivity contribution in [2.75, 3.05) is 11.1 Å². The second-order valence-corrected chi connectivity index (χ2v) is 4.92. The highest BCUT2D eigenvalue weighted by atomic mass is 16.2. The third kappa shape index (κ3) is 3.15. The molecular formula is C13H20N6O2. The van der Waals surface area contributed by atoms with Crippen molar-refractivity contribution in [3.05, 3.63) is 38.8 Å². The van der Waals surface area contributed by atoms with E-state index in [1.807, 2.05) is 13.8 Å². The minimum absolute atomic E-state index is 0.160. The summed E-state index contributed by atoms with van der Waals surface area (Å²) in [6.07, 6.45) is 5.14. The predicted octanol–water partition coefficient (Wildman–Crippen LogP) is 0.815. The summed E-state index contributed by atoms with van der Waals surface area (Å²) < 4.78 is 1.38. The Morgan fingerprint density at radius 2 is 2.24 bits per heavy atom. The van der Waals surface area contributed by atoms with Crippen molar-refractivity contribution in [1.29, 1.82) is 0 Å². The predicted molar refractivity (Wildman–Crippen MR) is 81.3 cm³/mol. The lowest BCUT2D eigenvalue weighted by Gasteiger charge is -2.17. The maximum Gasteiger partial charge on any atom is 0.330 e. The Bertz CT molecular complexity index is 700. The molecule has 0 saturated carbocycles. The molecule has 8 nitrogen and oxygen atoms in total. The summed E-state index contributed by atoms with van der Waals surface area (Å²) in [7, 11) is 0. The zero-order chi connectivity index (χ0) is 15.4. The highest BCUT2D eigenvalue weighted by molar-refractivity contribution is 5.61. The summed E-state index contributed by atoms with van der Waals surface area (Å²) in [6.45, 7) is 4.38. The van der Waals surface area contributed by atoms with Crippen LogP contribution in [0.2, 0.25) is 0 Å². The number of H-pyrrole nitrogens is 2. The van der Waals surface area contributed by atoms with Crippen LogP contribution in [-0.4, -0.2) is 19.7 Å². The lowest BCUT2D eigenvalue weighted by atomic mass is 10.2. The van der Waals surface area contributed by atoms with Gasteiger partial charge in [-0.15, -0.1) is 0 Å². The Kier molecular flexibility index (Phi) is 4.46. The summed E-state index contributed by atoms with van der Waals surface area (Å²) in [6, 6.07) is -0.163. The van der Waals surface area contributed by atoms with E-state index in [-0.39, 0.29) is 17.5 Å². The molecule has 1 atom stereocenters. The fraction of sp³-hybridized carbons (Fsp3) is 0.462. The molecule has 0 saturated heterocycles. The average molecular weight is 292 g/mol. The Balaban J connectivity index is 2.34. The molecule has 0 radical (unpaired) electrons. The van der Waals surface area contributed by atoms with E-state index >= 15 is 0 Å². The molecule has 0 aliphatic heterocycles. The molecule has 2 rings (SSSR count). The van der Waals surface area contributed by atoms with Crippen LogP contribution in [0.4, 0.5) is 11.5 Å². The number of unbranched alkanes of at least 4 members (excludes halogenated alkanes) is 1. The third-order valence-electron chi connectivity index (χ3n) is 3.36. The Hall–Kier alpha value is -2.51. The number of anilines is 2. The standard InChI is InChI=1S/C13H20N6O2/c1-3-4-5-19-11(14)10(12(20)18-13(19)21)17-8(2)9-6-15-16-7-9/h6-8,17H,3-5,14H2,1-2H3,(H,15,16)(H,18,20,21). The summed E-state index contributed by atoms with van der Waals surface area (Å²) in [4.78, 5) is 26.1. The molecule has 0 amide bonds. The fourth-order valence-corrected chi connectivity index (χ4v) is 2.06. The molecule has 2 aromatic heterocycles. The van der Waals surface area contributed by atoms with Gasteiger partial charge in [0.2, 0.25) is 0 Å². The molecule has 2 heterocycles. The second-order valence-electron chi connectivity index (χ2n) is 4.92. The van der Waals surface area contributed by atoms with Crippen LogP contribution in [0.5, 0.6) is 0 Å². The molecule has 0 aliphatic carbocycles. The zero-order valence-corrected chi connectivity index (χ0v) is 12.1. The van der Waals surface area contributed by atoms with Crippen molar-refractivity contribution in [3.8, 4) is 0 Å². The Labute approximate surface area is 121 Å². The molecule has 5 N–H and O–H groups in total. The number of aromatic nitrogens is 4. The van der Waals surface area contributed by atoms with Gasteiger partial charge in [-0.1, -0.05) is 13.3 Å². The molecule has 1 unspecified atom stereocenters. The van der Waals surface area contributed by atoms with Crippen molar-refractivity contribution in [2.45, 2.75) is 39.3 Å². The van der Waals surface area contributed by atoms with Gasteiger partial charge < -0.3 is 11.1 Å². The summed E-state index contributed by atoms with van der Waals surface area (Å²) in [5, 5.41) is 9.61. The van der Waals surface area contributed by atoms with E-state index < -0.39 is 11.2 Å². The number of nitrogens with zero attached hydrogens (tertiary/aromatic N) is 2. The minimum Gasteiger partial charge on any atom is -0.383 e. The third-order valence-corrected chi connectivity index (χ3v) is 3.36. The van der Waals surface area contributed by atoms with Gasteiger partial charge in [-0.2, -0.15) is 5.10 Å². The zero-order valence-electron chi connectivity index (χ0n) is 12.1. The van der Waals surface area contributed by atoms with Crippen LogP contribution in [0, 0.1) is 0 Å². The molecule has 0 aromatic carbocycles. The molecule has 0 aliphatic rings. The molecule has 21 heavy (non-hydrogen) atoms. The van der Waals surface area contributed by atoms with Crippen molar-refractivity contribution in [3.63, 3.8) is 0 Å². The lowest BCUT2D eigenvalue weighted by Crippen LogP contribution is -2.34. The van der Waals surface area contributed by atoms with Gasteiger partial charge in [-0.25, -0.2) is 4.79 Å². The van der Waals surface area contributed by atoms with Gasteiger partial charge in [0.15, 0.2) is 0 Å². The first-order valence-corrected chi connectivity index (χ1v) is 6.92. The summed E-state index contributed by atoms with van der Waals surface area (Å²) >= 11 is 0. The van der Waals surface area contributed by atoms with Gasteiger partial charge in [0, 0.05) is 18.3 Å². The molecule has 0 bridgehead atoms. The van der Waals surface area contributed by atoms with Crippen LogP contribution < -0.4 is 22.3 Å². The first-order chi connectivity index (χ1) is 10.0. The van der Waals surface area contributed by atoms with Gasteiger partial charge >= 0.3 is 5.69 Å². The molecular weight excluding hydrogens is 272 g/mol. The van der Waals surface area contributed by atoms with E-state index in [1.54, 1.807) is 12.4 Å². The van der Waals surface area contributed by atoms with Crippen LogP contribution in [0.25, 0.3) is 0 Å². The van der Waals surface area contributed by atoms with Crippen molar-refractivity contribution >= 4 is 11.5 Å². The van der Waals surface area contributed by atoms with Gasteiger partial charge in [0.05, 0.1) is 12.2 Å². The topological polar surface area (TPSA) is 122 Å². The van der Waals surface area contributed by atoms with E-state index in [9.17, 15) is 9.59 Å². The number of nitrogens with one attached hydrogen (secondary N) is 3. The number of hydrogen-bond acceptors (Lipinski definition) is 5. The minimum atomic E-state index is -0.513. The number of rotatable bonds is 6. The molecule has 114 valence electrons. The van der Waals surface area contributed by atoms with Crippen molar-refractivity contribution in [1.82, 2.24) is 19.7 Å². The lowest BCUT2D eigenvalue weighted by molar-refractivity contribution is 0.605. The summed E-state index contributed by atoms with van der Waals surface area (Å²) in [5.41, 5.74) is 6.09. The average Bonchev–Trinajstić information content (AvgIpc) is 2.97. The van der Waals surface area contributed by atoms with E-state index in [0.29, 0.717) is 6.54 Å². The van der Waals surface area contributed by atoms with Crippen LogP contribution in [0.1, 0.15) is 38.3 Å². The Morgan fingerprint density at radius 1 is 1.48 bits per heavy atom. The first kappa shape index (κ1) is 14.9. The molecule has 0 fully saturated rings. The van der Waals surface area contributed by atoms with Gasteiger partial charge in [-0.3, -0.25) is 19.4 Å². The quantitative estimate of drug-likeness (QED) is 0.628. The Morgan fingerprint density at radius 3 is 2.86 bits per heavy atom. The smallest absolute Gasteiger partial charge is 0.330 e. The monoisotopic (exact) mass is 292 g/mol. The fourth-order valence-electron chi connectivity index (χ4n) is 2.06. The SMILES string of the molecule is CCCCn1c(N)c(NC(C)c2cn[nH]c2)c(=O)[nH]c1=O. The normalized spacial score (nSPS) is 12.3. The van der Waals surface area contributed by atoms with E-state index in [0.717, 1.165) is 18.4 Å². The van der Waals surface area contributed by atoms with E-state index in [4.69, 9.17) is 5.73 Å². The number of aromatic amines is 2. The van der Waals surface area contributed by atoms with Crippen LogP contribution in [0.3, 0.4) is 0 Å². The summed E-state index contributed by atoms with van der Waals surface area (Å²) in [5.74, 6) is 0.160. The van der Waals surface area contributed by atoms with Crippen molar-refractivity contribution < 1.29 is 0 Å². The molecule has 2 aromatic rings. The maximum atomic E-state index is 12.0. The number of hydrogen-bond donors (Lipinski definition) is 4. The van der Waals surface area contributed by atoms with Crippen LogP contribution in [0.15, 0.2) is 22.0 Å². The van der Waals surface area contributed by atoms with Crippen molar-refractivity contribution in [2.24, 2.45) is 0 Å². The van der Waals surface area contributed by atoms with Crippen LogP contribution in [-0.2, 0) is 6.54 Å². The van der Waals surface area contributed by atoms with E-state index in [2.05, 4.69) is 20.5 Å². The van der Waals surface area contributed by atoms with E-state index in [1.165, 1.54) is 4.57 Å². The van der Waals surface area contributed by atoms with Gasteiger partial charge in [-0.05, 0) is 13.3 Å². The highest BCUT2D eigenvalue weighted by Gasteiger charge is 2.15. The second kappa shape index (κ2) is 6.29. The number of nitrogens with two attached hydrogens (primary N) is 1. The van der Waals surface area contributed by atoms with Crippen LogP contribution >= 0.6 is 0 Å². The maximum absolute atomic E-state index is 12.0. The largest absolute Gasteiger partial charge is 0.383 e. The van der Waals surface area contributed by atoms with Gasteiger partial charge in [0.1, 0.15) is 11.5 Å². The number of nitrogen functional groups attached to an aromatic ring is 1. The highest BCUT2D eigenvalue weighted by Crippen LogP contribution is 2.19. The molecule has 8 heteroatoms.